The molecule has 0 aliphatic rings. The number of aromatic nitrogens is 2. The maximum Gasteiger partial charge on any atom is 0.240 e. The van der Waals surface area contributed by atoms with Crippen molar-refractivity contribution in [3.63, 3.8) is 0 Å². The van der Waals surface area contributed by atoms with Gasteiger partial charge in [-0.1, -0.05) is 0 Å². The van der Waals surface area contributed by atoms with Gasteiger partial charge in [0.25, 0.3) is 0 Å². The Hall–Kier alpha value is -0.730. The summed E-state index contributed by atoms with van der Waals surface area (Å²) in [5.41, 5.74) is 0. The van der Waals surface area contributed by atoms with E-state index >= 15 is 0 Å². The molecule has 1 N–H and O–H groups in total. The molecular weight excluding hydrogens is 68.0 g/mol. The van der Waals surface area contributed by atoms with E-state index in [2.05, 4.69) is 14.9 Å². The SMILES string of the molecule is Cc1n[nH]o1. The first-order valence-corrected chi connectivity index (χ1v) is 1.36. The summed E-state index contributed by atoms with van der Waals surface area (Å²) >= 11 is 0. The highest BCUT2D eigenvalue weighted by Gasteiger charge is 1.80. The molecule has 0 fully saturated rings. The van der Waals surface area contributed by atoms with Crippen LogP contribution < -0.4 is 0 Å². The van der Waals surface area contributed by atoms with Gasteiger partial charge in [-0.2, -0.15) is 0 Å². The van der Waals surface area contributed by atoms with Crippen molar-refractivity contribution >= 4 is 0 Å². The number of aryl methyl sites for hydroxylation is 1. The number of hydrogen-bond acceptors (Lipinski definition) is 2. The summed E-state index contributed by atoms with van der Waals surface area (Å²) in [4.78, 5) is 0. The Kier molecular flexibility index (Phi) is 0.304. The van der Waals surface area contributed by atoms with Crippen molar-refractivity contribution in [1.29, 1.82) is 0 Å². The zero-order valence-electron chi connectivity index (χ0n) is 2.86. The summed E-state index contributed by atoms with van der Waals surface area (Å²) in [7, 11) is 0. The van der Waals surface area contributed by atoms with Crippen LogP contribution in [0.2, 0.25) is 0 Å². The quantitative estimate of drug-likeness (QED) is 0.479. The second-order valence-electron chi connectivity index (χ2n) is 0.824. The van der Waals surface area contributed by atoms with Crippen molar-refractivity contribution in [2.75, 3.05) is 0 Å². The van der Waals surface area contributed by atoms with E-state index in [1.807, 2.05) is 0 Å². The van der Waals surface area contributed by atoms with E-state index in [0.29, 0.717) is 5.89 Å². The number of rotatable bonds is 0. The van der Waals surface area contributed by atoms with Crippen LogP contribution >= 0.6 is 0 Å². The van der Waals surface area contributed by atoms with Crippen LogP contribution in [0.3, 0.4) is 0 Å². The molecule has 28 valence electrons. The van der Waals surface area contributed by atoms with Gasteiger partial charge in [-0.25, -0.2) is 0 Å². The minimum absolute atomic E-state index is 0.699. The first-order chi connectivity index (χ1) is 2.39. The number of aromatic amines is 1. The maximum atomic E-state index is 4.43. The molecule has 0 unspecified atom stereocenters. The summed E-state index contributed by atoms with van der Waals surface area (Å²) in [6.45, 7) is 1.77. The molecule has 0 saturated carbocycles. The lowest BCUT2D eigenvalue weighted by atomic mass is 10.8. The largest absolute Gasteiger partial charge is 0.348 e. The normalized spacial score (nSPS) is 9.00. The van der Waals surface area contributed by atoms with Gasteiger partial charge < -0.3 is 4.52 Å². The Balaban J connectivity index is 2.83. The predicted octanol–water partition coefficient (Wildman–Crippen LogP) is 0.311. The molecule has 0 aliphatic carbocycles. The Morgan fingerprint density at radius 1 is 2.00 bits per heavy atom. The van der Waals surface area contributed by atoms with Crippen LogP contribution in [-0.4, -0.2) is 10.4 Å². The monoisotopic (exact) mass is 72.0 g/mol. The van der Waals surface area contributed by atoms with Gasteiger partial charge in [0.15, 0.2) is 0 Å². The second-order valence-corrected chi connectivity index (χ2v) is 0.824. The third-order valence-corrected chi connectivity index (χ3v) is 0.396. The molecule has 0 radical (unpaired) electrons. The summed E-state index contributed by atoms with van der Waals surface area (Å²) in [6.07, 6.45) is 0. The maximum absolute atomic E-state index is 4.43. The molecule has 0 amide bonds. The molecule has 3 heteroatoms. The molecular formula is C2H4N2O. The molecule has 1 heterocycles. The number of hydrogen-bond donors (Lipinski definition) is 1. The van der Waals surface area contributed by atoms with Crippen molar-refractivity contribution in [1.82, 2.24) is 10.4 Å². The molecule has 0 spiro atoms. The Morgan fingerprint density at radius 2 is 2.40 bits per heavy atom. The van der Waals surface area contributed by atoms with Crippen molar-refractivity contribution in [3.05, 3.63) is 5.89 Å². The van der Waals surface area contributed by atoms with Gasteiger partial charge in [-0.3, -0.25) is 0 Å². The molecule has 0 atom stereocenters. The molecule has 0 aromatic carbocycles. The van der Waals surface area contributed by atoms with Crippen LogP contribution in [-0.2, 0) is 0 Å². The van der Waals surface area contributed by atoms with Gasteiger partial charge in [-0.05, 0) is 0 Å². The average Bonchev–Trinajstić information content (AvgIpc) is 1.30. The Labute approximate surface area is 28.9 Å². The summed E-state index contributed by atoms with van der Waals surface area (Å²) in [5.74, 6) is 0.699. The van der Waals surface area contributed by atoms with E-state index < -0.39 is 0 Å². The number of nitrogens with one attached hydrogen (secondary N) is 1. The molecule has 1 aromatic rings. The minimum atomic E-state index is 0.699. The van der Waals surface area contributed by atoms with Crippen LogP contribution in [0.4, 0.5) is 0 Å². The average molecular weight is 72.1 g/mol. The van der Waals surface area contributed by atoms with Crippen LogP contribution in [0.15, 0.2) is 4.52 Å². The molecule has 5 heavy (non-hydrogen) atoms. The van der Waals surface area contributed by atoms with Gasteiger partial charge in [-0.15, -0.1) is 10.4 Å². The van der Waals surface area contributed by atoms with Crippen molar-refractivity contribution in [2.24, 2.45) is 0 Å². The zero-order chi connectivity index (χ0) is 3.70. The van der Waals surface area contributed by atoms with Gasteiger partial charge in [0.05, 0.1) is 0 Å². The zero-order valence-corrected chi connectivity index (χ0v) is 2.86. The fourth-order valence-electron chi connectivity index (χ4n) is 0.137. The van der Waals surface area contributed by atoms with Gasteiger partial charge >= 0.3 is 0 Å². The van der Waals surface area contributed by atoms with Crippen molar-refractivity contribution in [2.45, 2.75) is 6.92 Å². The topological polar surface area (TPSA) is 41.8 Å². The molecule has 0 bridgehead atoms. The standard InChI is InChI=1S/C2H4N2O/c1-2-3-4-5-2/h4H,1H3. The number of nitrogens with zero attached hydrogens (tertiary/aromatic N) is 1. The van der Waals surface area contributed by atoms with E-state index in [0.717, 1.165) is 0 Å². The van der Waals surface area contributed by atoms with Crippen molar-refractivity contribution in [3.8, 4) is 0 Å². The summed E-state index contributed by atoms with van der Waals surface area (Å²) < 4.78 is 4.43. The van der Waals surface area contributed by atoms with Gasteiger partial charge in [0.1, 0.15) is 0 Å². The van der Waals surface area contributed by atoms with E-state index in [4.69, 9.17) is 0 Å². The molecule has 1 aromatic heterocycles. The van der Waals surface area contributed by atoms with Gasteiger partial charge in [0, 0.05) is 6.92 Å². The predicted molar refractivity (Wildman–Crippen MR) is 15.6 cm³/mol. The molecule has 3 nitrogen and oxygen atoms in total. The summed E-state index contributed by atoms with van der Waals surface area (Å²) in [5, 5.41) is 5.76. The van der Waals surface area contributed by atoms with Crippen LogP contribution in [0.1, 0.15) is 5.89 Å². The molecule has 1 rings (SSSR count). The fraction of sp³-hybridized carbons (Fsp3) is 0.500. The van der Waals surface area contributed by atoms with E-state index in [1.54, 1.807) is 6.92 Å². The van der Waals surface area contributed by atoms with Crippen LogP contribution in [0.25, 0.3) is 0 Å². The van der Waals surface area contributed by atoms with Crippen molar-refractivity contribution < 1.29 is 4.52 Å². The first-order valence-electron chi connectivity index (χ1n) is 1.36. The van der Waals surface area contributed by atoms with E-state index in [1.165, 1.54) is 0 Å². The highest BCUT2D eigenvalue weighted by Crippen LogP contribution is 1.80. The minimum Gasteiger partial charge on any atom is -0.348 e. The second kappa shape index (κ2) is 0.607. The highest BCUT2D eigenvalue weighted by molar-refractivity contribution is 4.57. The Morgan fingerprint density at radius 3 is 2.40 bits per heavy atom. The molecule has 0 saturated heterocycles. The third-order valence-electron chi connectivity index (χ3n) is 0.396. The lowest BCUT2D eigenvalue weighted by molar-refractivity contribution is 0.255. The Bertz CT molecular complexity index is 89.8. The third kappa shape index (κ3) is 0.190. The lowest BCUT2D eigenvalue weighted by Crippen LogP contribution is -1.87. The lowest BCUT2D eigenvalue weighted by Gasteiger charge is -1.86. The van der Waals surface area contributed by atoms with Crippen LogP contribution in [0, 0.1) is 6.92 Å². The molecule has 0 aliphatic heterocycles. The smallest absolute Gasteiger partial charge is 0.240 e. The van der Waals surface area contributed by atoms with Gasteiger partial charge in [0.2, 0.25) is 5.89 Å². The highest BCUT2D eigenvalue weighted by atomic mass is 16.5. The van der Waals surface area contributed by atoms with E-state index in [9.17, 15) is 0 Å². The van der Waals surface area contributed by atoms with Crippen LogP contribution in [0.5, 0.6) is 0 Å². The first kappa shape index (κ1) is 2.50. The summed E-state index contributed by atoms with van der Waals surface area (Å²) in [6, 6.07) is 0. The number of H-pyrrole nitrogens is 1. The fourth-order valence-corrected chi connectivity index (χ4v) is 0.137. The van der Waals surface area contributed by atoms with E-state index in [-0.39, 0.29) is 0 Å².